The quantitative estimate of drug-likeness (QED) is 0.529. The van der Waals surface area contributed by atoms with Gasteiger partial charge in [0.1, 0.15) is 0 Å². The van der Waals surface area contributed by atoms with Gasteiger partial charge in [-0.1, -0.05) is 46.3 Å². The number of hydrogen-bond acceptors (Lipinski definition) is 2. The Morgan fingerprint density at radius 2 is 1.81 bits per heavy atom. The van der Waals surface area contributed by atoms with Crippen LogP contribution in [0.15, 0.2) is 59.2 Å². The third kappa shape index (κ3) is 2.67. The number of para-hydroxylation sites is 1. The van der Waals surface area contributed by atoms with Gasteiger partial charge in [-0.05, 0) is 18.2 Å². The van der Waals surface area contributed by atoms with Crippen LogP contribution in [-0.2, 0) is 6.54 Å². The zero-order chi connectivity index (χ0) is 14.8. The smallest absolute Gasteiger partial charge is 0.182 e. The van der Waals surface area contributed by atoms with E-state index in [1.165, 1.54) is 0 Å². The molecule has 0 aliphatic heterocycles. The minimum Gasteiger partial charge on any atom is -0.339 e. The Bertz CT molecular complexity index is 818. The molecule has 21 heavy (non-hydrogen) atoms. The lowest BCUT2D eigenvalue weighted by atomic mass is 10.1. The van der Waals surface area contributed by atoms with Crippen molar-refractivity contribution in [1.29, 1.82) is 0 Å². The third-order valence-corrected chi connectivity index (χ3v) is 3.96. The lowest BCUT2D eigenvalue weighted by Gasteiger charge is -2.05. The Morgan fingerprint density at radius 1 is 1.10 bits per heavy atom. The summed E-state index contributed by atoms with van der Waals surface area (Å²) in [5, 5.41) is 0.871. The van der Waals surface area contributed by atoms with Crippen LogP contribution in [0.1, 0.15) is 20.7 Å². The highest BCUT2D eigenvalue weighted by Gasteiger charge is 2.11. The molecule has 0 amide bonds. The summed E-state index contributed by atoms with van der Waals surface area (Å²) < 4.78 is 2.76. The molecule has 0 fully saturated rings. The van der Waals surface area contributed by atoms with Crippen LogP contribution in [0.5, 0.6) is 0 Å². The Kier molecular flexibility index (Phi) is 3.71. The van der Waals surface area contributed by atoms with E-state index in [4.69, 9.17) is 0 Å². The highest BCUT2D eigenvalue weighted by Crippen LogP contribution is 2.20. The van der Waals surface area contributed by atoms with Crippen molar-refractivity contribution in [3.05, 3.63) is 70.3 Å². The Balaban J connectivity index is 1.96. The fraction of sp³-hybridized carbons (Fsp3) is 0.0588. The monoisotopic (exact) mass is 341 g/mol. The molecular weight excluding hydrogens is 330 g/mol. The van der Waals surface area contributed by atoms with E-state index in [9.17, 15) is 9.59 Å². The van der Waals surface area contributed by atoms with Gasteiger partial charge >= 0.3 is 0 Å². The molecule has 104 valence electrons. The van der Waals surface area contributed by atoms with Crippen LogP contribution in [0.25, 0.3) is 10.9 Å². The summed E-state index contributed by atoms with van der Waals surface area (Å²) in [7, 11) is 0. The number of benzene rings is 2. The fourth-order valence-electron chi connectivity index (χ4n) is 2.38. The Labute approximate surface area is 130 Å². The number of carbonyl (C=O) groups is 2. The number of Topliss-reactive ketones (excluding diaryl/α,β-unsaturated/α-hetero) is 1. The molecule has 3 rings (SSSR count). The van der Waals surface area contributed by atoms with Crippen LogP contribution >= 0.6 is 15.9 Å². The number of carbonyl (C=O) groups excluding carboxylic acids is 2. The van der Waals surface area contributed by atoms with Gasteiger partial charge in [0.15, 0.2) is 12.1 Å². The number of hydrogen-bond donors (Lipinski definition) is 0. The summed E-state index contributed by atoms with van der Waals surface area (Å²) in [6.07, 6.45) is 2.55. The van der Waals surface area contributed by atoms with E-state index in [2.05, 4.69) is 15.9 Å². The third-order valence-electron chi connectivity index (χ3n) is 3.43. The number of halogens is 1. The highest BCUT2D eigenvalue weighted by atomic mass is 79.9. The second-order valence-electron chi connectivity index (χ2n) is 4.78. The number of fused-ring (bicyclic) bond motifs is 1. The van der Waals surface area contributed by atoms with Gasteiger partial charge in [0, 0.05) is 32.7 Å². The first-order valence-electron chi connectivity index (χ1n) is 6.51. The number of nitrogens with zero attached hydrogens (tertiary/aromatic N) is 1. The molecule has 0 N–H and O–H groups in total. The van der Waals surface area contributed by atoms with E-state index < -0.39 is 0 Å². The predicted octanol–water partition coefficient (Wildman–Crippen LogP) is 4.10. The lowest BCUT2D eigenvalue weighted by Crippen LogP contribution is -2.09. The van der Waals surface area contributed by atoms with Crippen molar-refractivity contribution in [3.63, 3.8) is 0 Å². The SMILES string of the molecule is O=Cc1cn(CC(=O)c2ccc(Br)cc2)c2ccccc12. The van der Waals surface area contributed by atoms with Crippen LogP contribution in [0, 0.1) is 0 Å². The second kappa shape index (κ2) is 5.66. The van der Waals surface area contributed by atoms with Gasteiger partial charge in [-0.2, -0.15) is 0 Å². The summed E-state index contributed by atoms with van der Waals surface area (Å²) in [5.41, 5.74) is 2.16. The molecule has 0 unspecified atom stereocenters. The number of aromatic nitrogens is 1. The molecule has 1 heterocycles. The first-order valence-corrected chi connectivity index (χ1v) is 7.30. The first kappa shape index (κ1) is 13.8. The molecule has 0 saturated carbocycles. The van der Waals surface area contributed by atoms with Crippen molar-refractivity contribution in [3.8, 4) is 0 Å². The molecule has 2 aromatic carbocycles. The van der Waals surface area contributed by atoms with E-state index in [0.717, 1.165) is 21.7 Å². The molecule has 3 nitrogen and oxygen atoms in total. The van der Waals surface area contributed by atoms with Gasteiger partial charge in [0.05, 0.1) is 6.54 Å². The number of ketones is 1. The van der Waals surface area contributed by atoms with Crippen LogP contribution in [0.2, 0.25) is 0 Å². The minimum atomic E-state index is 0.0145. The largest absolute Gasteiger partial charge is 0.339 e. The molecular formula is C17H12BrNO2. The van der Waals surface area contributed by atoms with E-state index in [0.29, 0.717) is 11.1 Å². The molecule has 0 aliphatic carbocycles. The van der Waals surface area contributed by atoms with E-state index in [1.807, 2.05) is 41.0 Å². The zero-order valence-electron chi connectivity index (χ0n) is 11.1. The normalized spacial score (nSPS) is 10.7. The maximum absolute atomic E-state index is 12.3. The number of rotatable bonds is 4. The maximum Gasteiger partial charge on any atom is 0.182 e. The molecule has 0 spiro atoms. The molecule has 0 radical (unpaired) electrons. The van der Waals surface area contributed by atoms with Crippen molar-refractivity contribution in [1.82, 2.24) is 4.57 Å². The molecule has 3 aromatic rings. The van der Waals surface area contributed by atoms with Crippen LogP contribution in [0.3, 0.4) is 0 Å². The molecule has 1 aromatic heterocycles. The van der Waals surface area contributed by atoms with Gasteiger partial charge in [-0.3, -0.25) is 9.59 Å². The van der Waals surface area contributed by atoms with Crippen LogP contribution < -0.4 is 0 Å². The summed E-state index contributed by atoms with van der Waals surface area (Å²) in [4.78, 5) is 23.5. The zero-order valence-corrected chi connectivity index (χ0v) is 12.7. The average molecular weight is 342 g/mol. The summed E-state index contributed by atoms with van der Waals surface area (Å²) >= 11 is 3.35. The van der Waals surface area contributed by atoms with Crippen molar-refractivity contribution >= 4 is 38.9 Å². The lowest BCUT2D eigenvalue weighted by molar-refractivity contribution is 0.0972. The molecule has 4 heteroatoms. The molecule has 0 atom stereocenters. The minimum absolute atomic E-state index is 0.0145. The van der Waals surface area contributed by atoms with Crippen molar-refractivity contribution in [2.75, 3.05) is 0 Å². The van der Waals surface area contributed by atoms with Gasteiger partial charge in [0.2, 0.25) is 0 Å². The average Bonchev–Trinajstić information content (AvgIpc) is 2.86. The number of aldehydes is 1. The summed E-state index contributed by atoms with van der Waals surface area (Å²) in [5.74, 6) is 0.0145. The fourth-order valence-corrected chi connectivity index (χ4v) is 2.65. The summed E-state index contributed by atoms with van der Waals surface area (Å²) in [6, 6.07) is 14.9. The van der Waals surface area contributed by atoms with Gasteiger partial charge in [-0.25, -0.2) is 0 Å². The topological polar surface area (TPSA) is 39.1 Å². The van der Waals surface area contributed by atoms with Crippen LogP contribution in [0.4, 0.5) is 0 Å². The van der Waals surface area contributed by atoms with Gasteiger partial charge in [-0.15, -0.1) is 0 Å². The van der Waals surface area contributed by atoms with Crippen molar-refractivity contribution < 1.29 is 9.59 Å². The van der Waals surface area contributed by atoms with E-state index >= 15 is 0 Å². The first-order chi connectivity index (χ1) is 10.2. The Hall–Kier alpha value is -2.20. The predicted molar refractivity (Wildman–Crippen MR) is 85.8 cm³/mol. The van der Waals surface area contributed by atoms with Gasteiger partial charge in [0.25, 0.3) is 0 Å². The molecule has 0 saturated heterocycles. The summed E-state index contributed by atoms with van der Waals surface area (Å²) in [6.45, 7) is 0.218. The maximum atomic E-state index is 12.3. The molecule has 0 bridgehead atoms. The van der Waals surface area contributed by atoms with Gasteiger partial charge < -0.3 is 4.57 Å². The second-order valence-corrected chi connectivity index (χ2v) is 5.69. The van der Waals surface area contributed by atoms with E-state index in [-0.39, 0.29) is 12.3 Å². The Morgan fingerprint density at radius 3 is 2.52 bits per heavy atom. The van der Waals surface area contributed by atoms with Crippen molar-refractivity contribution in [2.24, 2.45) is 0 Å². The highest BCUT2D eigenvalue weighted by molar-refractivity contribution is 9.10. The van der Waals surface area contributed by atoms with Crippen molar-refractivity contribution in [2.45, 2.75) is 6.54 Å². The van der Waals surface area contributed by atoms with Crippen LogP contribution in [-0.4, -0.2) is 16.6 Å². The molecule has 0 aliphatic rings. The van der Waals surface area contributed by atoms with E-state index in [1.54, 1.807) is 18.3 Å². The standard InChI is InChI=1S/C17H12BrNO2/c18-14-7-5-12(6-8-14)17(21)10-19-9-13(11-20)15-3-1-2-4-16(15)19/h1-9,11H,10H2.